The molecule has 2 atom stereocenters. The van der Waals surface area contributed by atoms with Crippen molar-refractivity contribution in [2.24, 2.45) is 0 Å². The first-order chi connectivity index (χ1) is 7.15. The van der Waals surface area contributed by atoms with Crippen molar-refractivity contribution in [1.29, 1.82) is 0 Å². The molecule has 0 amide bonds. The summed E-state index contributed by atoms with van der Waals surface area (Å²) in [5.41, 5.74) is 0. The van der Waals surface area contributed by atoms with E-state index in [4.69, 9.17) is 116 Å². The SMILES string of the molecule is OC1(Cl)C(Cl)C(Cl)(Cl)C(Cl)(Cl)C(Cl)(Cl)C1(Cl)Cl. The molecule has 11 heteroatoms. The third-order valence-electron chi connectivity index (χ3n) is 2.30. The third-order valence-corrected chi connectivity index (χ3v) is 9.58. The van der Waals surface area contributed by atoms with Gasteiger partial charge >= 0.3 is 0 Å². The molecule has 0 aromatic rings. The van der Waals surface area contributed by atoms with E-state index in [2.05, 4.69) is 0 Å². The summed E-state index contributed by atoms with van der Waals surface area (Å²) < 4.78 is -9.36. The molecular formula is C6H2Cl10O. The molecule has 1 aliphatic rings. The van der Waals surface area contributed by atoms with Gasteiger partial charge in [-0.05, 0) is 0 Å². The van der Waals surface area contributed by atoms with Crippen LogP contribution in [0.2, 0.25) is 0 Å². The number of rotatable bonds is 0. The van der Waals surface area contributed by atoms with Gasteiger partial charge in [0.2, 0.25) is 0 Å². The van der Waals surface area contributed by atoms with Crippen molar-refractivity contribution in [2.45, 2.75) is 27.8 Å². The van der Waals surface area contributed by atoms with Crippen LogP contribution in [0.3, 0.4) is 0 Å². The third kappa shape index (κ3) is 2.07. The Morgan fingerprint density at radius 2 is 1.00 bits per heavy atom. The van der Waals surface area contributed by atoms with Gasteiger partial charge in [0.25, 0.3) is 0 Å². The van der Waals surface area contributed by atoms with Crippen molar-refractivity contribution in [3.05, 3.63) is 0 Å². The van der Waals surface area contributed by atoms with Gasteiger partial charge in [0.05, 0.1) is 0 Å². The highest BCUT2D eigenvalue weighted by molar-refractivity contribution is 6.77. The lowest BCUT2D eigenvalue weighted by atomic mass is 9.92. The molecule has 0 saturated heterocycles. The molecule has 1 fully saturated rings. The minimum atomic E-state index is -2.57. The van der Waals surface area contributed by atoms with Crippen LogP contribution in [-0.4, -0.2) is 32.9 Å². The zero-order valence-electron chi connectivity index (χ0n) is 7.30. The minimum Gasteiger partial charge on any atom is -0.371 e. The van der Waals surface area contributed by atoms with Gasteiger partial charge in [-0.2, -0.15) is 0 Å². The summed E-state index contributed by atoms with van der Waals surface area (Å²) in [5, 5.41) is 5.76. The zero-order chi connectivity index (χ0) is 14.1. The lowest BCUT2D eigenvalue weighted by Crippen LogP contribution is -2.76. The van der Waals surface area contributed by atoms with Crippen LogP contribution in [0, 0.1) is 0 Å². The summed E-state index contributed by atoms with van der Waals surface area (Å²) in [5.74, 6) is 0. The Kier molecular flexibility index (Phi) is 4.93. The van der Waals surface area contributed by atoms with E-state index >= 15 is 0 Å². The maximum atomic E-state index is 9.99. The number of alkyl halides is 10. The van der Waals surface area contributed by atoms with Gasteiger partial charge in [-0.3, -0.25) is 0 Å². The second kappa shape index (κ2) is 4.68. The van der Waals surface area contributed by atoms with Crippen LogP contribution in [0.4, 0.5) is 0 Å². The van der Waals surface area contributed by atoms with E-state index in [1.165, 1.54) is 0 Å². The van der Waals surface area contributed by atoms with Gasteiger partial charge in [-0.15, -0.1) is 11.6 Å². The maximum absolute atomic E-state index is 9.99. The Hall–Kier alpha value is 2.86. The molecular weight excluding hydrogens is 443 g/mol. The van der Waals surface area contributed by atoms with Gasteiger partial charge in [0.1, 0.15) is 5.38 Å². The minimum absolute atomic E-state index is 1.66. The van der Waals surface area contributed by atoms with Crippen molar-refractivity contribution < 1.29 is 5.11 Å². The Morgan fingerprint density at radius 3 is 1.35 bits per heavy atom. The lowest BCUT2D eigenvalue weighted by Gasteiger charge is -2.58. The molecule has 0 aromatic heterocycles. The molecule has 0 radical (unpaired) electrons. The molecule has 0 aliphatic heterocycles. The van der Waals surface area contributed by atoms with E-state index in [0.29, 0.717) is 0 Å². The molecule has 17 heavy (non-hydrogen) atoms. The van der Waals surface area contributed by atoms with Crippen LogP contribution >= 0.6 is 116 Å². The maximum Gasteiger partial charge on any atom is 0.197 e. The fraction of sp³-hybridized carbons (Fsp3) is 1.00. The average molecular weight is 445 g/mol. The van der Waals surface area contributed by atoms with E-state index in [9.17, 15) is 5.11 Å². The van der Waals surface area contributed by atoms with Crippen molar-refractivity contribution in [3.8, 4) is 0 Å². The van der Waals surface area contributed by atoms with E-state index in [0.717, 1.165) is 0 Å². The first-order valence-corrected chi connectivity index (χ1v) is 7.56. The monoisotopic (exact) mass is 440 g/mol. The summed E-state index contributed by atoms with van der Waals surface area (Å²) in [4.78, 5) is 0. The second-order valence-electron chi connectivity index (χ2n) is 3.38. The molecule has 0 spiro atoms. The quantitative estimate of drug-likeness (QED) is 0.507. The number of hydrogen-bond acceptors (Lipinski definition) is 1. The molecule has 1 aliphatic carbocycles. The summed E-state index contributed by atoms with van der Waals surface area (Å²) in [6.07, 6.45) is 0. The predicted octanol–water partition coefficient (Wildman–Crippen LogP) is 5.23. The molecule has 0 heterocycles. The normalized spacial score (nSPS) is 42.2. The van der Waals surface area contributed by atoms with Gasteiger partial charge in [-0.1, -0.05) is 104 Å². The fourth-order valence-corrected chi connectivity index (χ4v) is 4.83. The van der Waals surface area contributed by atoms with Crippen LogP contribution < -0.4 is 0 Å². The Balaban J connectivity index is 3.56. The van der Waals surface area contributed by atoms with Crippen LogP contribution in [0.5, 0.6) is 0 Å². The Labute approximate surface area is 147 Å². The fourth-order valence-electron chi connectivity index (χ4n) is 1.19. The van der Waals surface area contributed by atoms with Crippen molar-refractivity contribution in [3.63, 3.8) is 0 Å². The van der Waals surface area contributed by atoms with E-state index < -0.39 is 27.8 Å². The lowest BCUT2D eigenvalue weighted by molar-refractivity contribution is 0.0689. The van der Waals surface area contributed by atoms with Crippen molar-refractivity contribution >= 4 is 116 Å². The van der Waals surface area contributed by atoms with Crippen LogP contribution in [0.25, 0.3) is 0 Å². The van der Waals surface area contributed by atoms with E-state index in [1.54, 1.807) is 0 Å². The number of hydrogen-bond donors (Lipinski definition) is 1. The Morgan fingerprint density at radius 1 is 0.647 bits per heavy atom. The standard InChI is InChI=1S/C6H2Cl10O/c7-1-2(8,9)4(11,12)6(15,16)5(13,14)3(1,10)17/h1,17H. The highest BCUT2D eigenvalue weighted by Crippen LogP contribution is 2.71. The Bertz CT molecular complexity index is 304. The molecule has 2 unspecified atom stereocenters. The molecule has 1 saturated carbocycles. The average Bonchev–Trinajstić information content (AvgIpc) is 2.13. The predicted molar refractivity (Wildman–Crippen MR) is 78.2 cm³/mol. The van der Waals surface area contributed by atoms with Gasteiger partial charge < -0.3 is 5.11 Å². The van der Waals surface area contributed by atoms with Crippen LogP contribution in [0.1, 0.15) is 0 Å². The van der Waals surface area contributed by atoms with Gasteiger partial charge in [0, 0.05) is 0 Å². The van der Waals surface area contributed by atoms with E-state index in [-0.39, 0.29) is 0 Å². The van der Waals surface area contributed by atoms with Gasteiger partial charge in [-0.25, -0.2) is 0 Å². The first kappa shape index (κ1) is 17.9. The molecule has 0 aromatic carbocycles. The summed E-state index contributed by atoms with van der Waals surface area (Å²) >= 11 is 58.3. The highest BCUT2D eigenvalue weighted by atomic mass is 35.6. The number of aliphatic hydroxyl groups is 1. The summed E-state index contributed by atoms with van der Waals surface area (Å²) in [6, 6.07) is 0. The topological polar surface area (TPSA) is 20.2 Å². The molecule has 1 rings (SSSR count). The number of halogens is 10. The highest BCUT2D eigenvalue weighted by Gasteiger charge is 2.82. The van der Waals surface area contributed by atoms with Crippen LogP contribution in [-0.2, 0) is 0 Å². The first-order valence-electron chi connectivity index (χ1n) is 3.72. The van der Waals surface area contributed by atoms with E-state index in [1.807, 2.05) is 0 Å². The second-order valence-corrected chi connectivity index (χ2v) is 9.76. The molecule has 102 valence electrons. The van der Waals surface area contributed by atoms with Crippen molar-refractivity contribution in [2.75, 3.05) is 0 Å². The summed E-state index contributed by atoms with van der Waals surface area (Å²) in [6.45, 7) is 0. The van der Waals surface area contributed by atoms with Gasteiger partial charge in [0.15, 0.2) is 22.4 Å². The molecule has 1 N–H and O–H groups in total. The molecule has 0 bridgehead atoms. The molecule has 1 nitrogen and oxygen atoms in total. The van der Waals surface area contributed by atoms with Crippen molar-refractivity contribution in [1.82, 2.24) is 0 Å². The van der Waals surface area contributed by atoms with Crippen LogP contribution in [0.15, 0.2) is 0 Å². The largest absolute Gasteiger partial charge is 0.371 e. The smallest absolute Gasteiger partial charge is 0.197 e. The zero-order valence-corrected chi connectivity index (χ0v) is 14.9. The summed E-state index contributed by atoms with van der Waals surface area (Å²) in [7, 11) is 0.